The molecular formula is C11H14N2O7S. The van der Waals surface area contributed by atoms with Crippen molar-refractivity contribution in [2.75, 3.05) is 26.4 Å². The second kappa shape index (κ2) is 6.35. The van der Waals surface area contributed by atoms with Gasteiger partial charge in [0.15, 0.2) is 5.75 Å². The zero-order valence-electron chi connectivity index (χ0n) is 10.9. The van der Waals surface area contributed by atoms with Gasteiger partial charge in [-0.05, 0) is 12.1 Å². The molecule has 0 radical (unpaired) electrons. The van der Waals surface area contributed by atoms with Crippen molar-refractivity contribution in [3.05, 3.63) is 28.3 Å². The maximum Gasteiger partial charge on any atom is 0.312 e. The topological polar surface area (TPSA) is 131 Å². The molecule has 1 aromatic rings. The third kappa shape index (κ3) is 4.11. The average Bonchev–Trinajstić information content (AvgIpc) is 2.45. The Labute approximate surface area is 120 Å². The SMILES string of the molecule is NS(=O)(=O)c1ccc(OC[C@H]2COCCO2)c([N+](=O)[O-])c1. The molecule has 1 fully saturated rings. The van der Waals surface area contributed by atoms with Crippen LogP contribution in [0.3, 0.4) is 0 Å². The molecule has 9 nitrogen and oxygen atoms in total. The van der Waals surface area contributed by atoms with Gasteiger partial charge in [0.2, 0.25) is 10.0 Å². The fourth-order valence-electron chi connectivity index (χ4n) is 1.75. The Balaban J connectivity index is 2.16. The molecule has 1 aliphatic rings. The molecule has 0 unspecified atom stereocenters. The van der Waals surface area contributed by atoms with E-state index in [4.69, 9.17) is 19.3 Å². The summed E-state index contributed by atoms with van der Waals surface area (Å²) in [7, 11) is -4.02. The first-order valence-electron chi connectivity index (χ1n) is 6.01. The minimum absolute atomic E-state index is 0.0541. The quantitative estimate of drug-likeness (QED) is 0.598. The number of primary sulfonamides is 1. The molecule has 21 heavy (non-hydrogen) atoms. The van der Waals surface area contributed by atoms with Gasteiger partial charge in [-0.1, -0.05) is 0 Å². The Morgan fingerprint density at radius 2 is 2.19 bits per heavy atom. The minimum Gasteiger partial charge on any atom is -0.484 e. The summed E-state index contributed by atoms with van der Waals surface area (Å²) in [5.41, 5.74) is -0.474. The highest BCUT2D eigenvalue weighted by atomic mass is 32.2. The zero-order chi connectivity index (χ0) is 15.5. The lowest BCUT2D eigenvalue weighted by atomic mass is 10.3. The second-order valence-electron chi connectivity index (χ2n) is 4.31. The summed E-state index contributed by atoms with van der Waals surface area (Å²) in [5, 5.41) is 15.9. The lowest BCUT2D eigenvalue weighted by Crippen LogP contribution is -2.33. The smallest absolute Gasteiger partial charge is 0.312 e. The molecule has 0 aliphatic carbocycles. The molecule has 0 spiro atoms. The highest BCUT2D eigenvalue weighted by Crippen LogP contribution is 2.29. The molecule has 116 valence electrons. The van der Waals surface area contributed by atoms with Crippen molar-refractivity contribution in [1.29, 1.82) is 0 Å². The van der Waals surface area contributed by atoms with Crippen LogP contribution in [0.15, 0.2) is 23.1 Å². The van der Waals surface area contributed by atoms with E-state index in [1.54, 1.807) is 0 Å². The lowest BCUT2D eigenvalue weighted by molar-refractivity contribution is -0.386. The predicted molar refractivity (Wildman–Crippen MR) is 70.5 cm³/mol. The monoisotopic (exact) mass is 318 g/mol. The van der Waals surface area contributed by atoms with Crippen molar-refractivity contribution in [3.8, 4) is 5.75 Å². The Hall–Kier alpha value is -1.75. The molecule has 0 aromatic heterocycles. The van der Waals surface area contributed by atoms with Crippen LogP contribution in [0.5, 0.6) is 5.75 Å². The number of nitro groups is 1. The van der Waals surface area contributed by atoms with Gasteiger partial charge in [-0.2, -0.15) is 0 Å². The molecule has 2 N–H and O–H groups in total. The summed E-state index contributed by atoms with van der Waals surface area (Å²) >= 11 is 0. The summed E-state index contributed by atoms with van der Waals surface area (Å²) in [6.45, 7) is 1.33. The average molecular weight is 318 g/mol. The van der Waals surface area contributed by atoms with Crippen molar-refractivity contribution >= 4 is 15.7 Å². The van der Waals surface area contributed by atoms with Gasteiger partial charge in [0.05, 0.1) is 29.6 Å². The number of ether oxygens (including phenoxy) is 3. The normalized spacial score (nSPS) is 19.2. The van der Waals surface area contributed by atoms with Gasteiger partial charge in [0, 0.05) is 6.07 Å². The van der Waals surface area contributed by atoms with E-state index < -0.39 is 20.6 Å². The van der Waals surface area contributed by atoms with Gasteiger partial charge in [0.25, 0.3) is 0 Å². The predicted octanol–water partition coefficient (Wildman–Crippen LogP) is 0.0364. The van der Waals surface area contributed by atoms with E-state index in [9.17, 15) is 18.5 Å². The van der Waals surface area contributed by atoms with Gasteiger partial charge < -0.3 is 14.2 Å². The molecule has 0 amide bonds. The van der Waals surface area contributed by atoms with Crippen LogP contribution in [0.2, 0.25) is 0 Å². The largest absolute Gasteiger partial charge is 0.484 e. The van der Waals surface area contributed by atoms with Crippen molar-refractivity contribution in [2.24, 2.45) is 5.14 Å². The second-order valence-corrected chi connectivity index (χ2v) is 5.87. The molecule has 2 rings (SSSR count). The first-order valence-corrected chi connectivity index (χ1v) is 7.56. The van der Waals surface area contributed by atoms with Crippen LogP contribution in [-0.2, 0) is 19.5 Å². The number of nitro benzene ring substituents is 1. The number of nitrogens with zero attached hydrogens (tertiary/aromatic N) is 1. The maximum absolute atomic E-state index is 11.2. The molecule has 1 aromatic carbocycles. The first-order chi connectivity index (χ1) is 9.88. The standard InChI is InChI=1S/C11H14N2O7S/c12-21(16,17)9-1-2-11(10(5-9)13(14)15)20-7-8-6-18-3-4-19-8/h1-2,5,8H,3-4,6-7H2,(H2,12,16,17)/t8-/m1/s1. The number of nitrogens with two attached hydrogens (primary N) is 1. The number of hydrogen-bond acceptors (Lipinski definition) is 7. The van der Waals surface area contributed by atoms with Crippen molar-refractivity contribution in [1.82, 2.24) is 0 Å². The van der Waals surface area contributed by atoms with Crippen LogP contribution in [0, 0.1) is 10.1 Å². The number of sulfonamides is 1. The van der Waals surface area contributed by atoms with E-state index in [2.05, 4.69) is 0 Å². The van der Waals surface area contributed by atoms with Crippen LogP contribution < -0.4 is 9.88 Å². The van der Waals surface area contributed by atoms with E-state index in [1.807, 2.05) is 0 Å². The van der Waals surface area contributed by atoms with Crippen LogP contribution in [0.1, 0.15) is 0 Å². The fraction of sp³-hybridized carbons (Fsp3) is 0.455. The Kier molecular flexibility index (Phi) is 4.73. The first kappa shape index (κ1) is 15.6. The molecule has 0 saturated carbocycles. The molecule has 1 heterocycles. The van der Waals surface area contributed by atoms with E-state index in [-0.39, 0.29) is 23.4 Å². The van der Waals surface area contributed by atoms with Crippen LogP contribution in [-0.4, -0.2) is 45.9 Å². The fourth-order valence-corrected chi connectivity index (χ4v) is 2.29. The summed E-state index contributed by atoms with van der Waals surface area (Å²) in [5.74, 6) is -0.0541. The Bertz CT molecular complexity index is 625. The van der Waals surface area contributed by atoms with Crippen molar-refractivity contribution in [3.63, 3.8) is 0 Å². The summed E-state index contributed by atoms with van der Waals surface area (Å²) < 4.78 is 38.2. The van der Waals surface area contributed by atoms with Crippen LogP contribution >= 0.6 is 0 Å². The van der Waals surface area contributed by atoms with Crippen molar-refractivity contribution < 1.29 is 27.6 Å². The Morgan fingerprint density at radius 1 is 1.43 bits per heavy atom. The molecule has 1 saturated heterocycles. The number of rotatable bonds is 5. The van der Waals surface area contributed by atoms with Gasteiger partial charge in [-0.25, -0.2) is 13.6 Å². The summed E-state index contributed by atoms with van der Waals surface area (Å²) in [6, 6.07) is 3.21. The molecule has 1 atom stereocenters. The molecule has 1 aliphatic heterocycles. The van der Waals surface area contributed by atoms with Gasteiger partial charge in [0.1, 0.15) is 12.7 Å². The van der Waals surface area contributed by atoms with E-state index >= 15 is 0 Å². The third-order valence-corrected chi connectivity index (χ3v) is 3.68. The molecule has 0 bridgehead atoms. The molecule has 10 heteroatoms. The maximum atomic E-state index is 11.2. The van der Waals surface area contributed by atoms with Crippen LogP contribution in [0.4, 0.5) is 5.69 Å². The zero-order valence-corrected chi connectivity index (χ0v) is 11.7. The summed E-state index contributed by atoms with van der Waals surface area (Å²) in [4.78, 5) is 9.90. The number of benzene rings is 1. The van der Waals surface area contributed by atoms with Crippen LogP contribution in [0.25, 0.3) is 0 Å². The summed E-state index contributed by atoms with van der Waals surface area (Å²) in [6.07, 6.45) is -0.323. The highest BCUT2D eigenvalue weighted by Gasteiger charge is 2.22. The van der Waals surface area contributed by atoms with E-state index in [1.165, 1.54) is 6.07 Å². The van der Waals surface area contributed by atoms with Gasteiger partial charge in [-0.3, -0.25) is 10.1 Å². The number of hydrogen-bond donors (Lipinski definition) is 1. The van der Waals surface area contributed by atoms with Gasteiger partial charge >= 0.3 is 5.69 Å². The highest BCUT2D eigenvalue weighted by molar-refractivity contribution is 7.89. The third-order valence-electron chi connectivity index (χ3n) is 2.77. The Morgan fingerprint density at radius 3 is 2.76 bits per heavy atom. The lowest BCUT2D eigenvalue weighted by Gasteiger charge is -2.22. The molecular weight excluding hydrogens is 304 g/mol. The minimum atomic E-state index is -4.02. The van der Waals surface area contributed by atoms with E-state index in [0.29, 0.717) is 19.8 Å². The van der Waals surface area contributed by atoms with Crippen molar-refractivity contribution in [2.45, 2.75) is 11.0 Å². The van der Waals surface area contributed by atoms with Gasteiger partial charge in [-0.15, -0.1) is 0 Å². The van der Waals surface area contributed by atoms with E-state index in [0.717, 1.165) is 12.1 Å².